The molecule has 6 heteroatoms. The van der Waals surface area contributed by atoms with Crippen LogP contribution in [0.2, 0.25) is 5.02 Å². The van der Waals surface area contributed by atoms with Crippen LogP contribution in [-0.2, 0) is 15.1 Å². The predicted octanol–water partition coefficient (Wildman–Crippen LogP) is 3.05. The fourth-order valence-electron chi connectivity index (χ4n) is 2.48. The highest BCUT2D eigenvalue weighted by atomic mass is 35.5. The molecule has 1 heterocycles. The van der Waals surface area contributed by atoms with Crippen molar-refractivity contribution in [2.24, 2.45) is 0 Å². The number of rotatable bonds is 4. The Labute approximate surface area is 139 Å². The van der Waals surface area contributed by atoms with E-state index in [1.54, 1.807) is 18.3 Å². The molecule has 1 aromatic carbocycles. The Morgan fingerprint density at radius 1 is 1.35 bits per heavy atom. The Morgan fingerprint density at radius 3 is 2.65 bits per heavy atom. The van der Waals surface area contributed by atoms with Gasteiger partial charge < -0.3 is 9.84 Å². The standard InChI is InChI=1S/C17H17ClN2O3/c1-17(22,16(21)23-2)14-12(11-5-3-4-6-13(11)18)9-19-15(20-14)10-7-8-10/h3-6,9-10,22H,7-8H2,1-2H3. The number of aromatic nitrogens is 2. The van der Waals surface area contributed by atoms with Crippen molar-refractivity contribution in [1.29, 1.82) is 0 Å². The van der Waals surface area contributed by atoms with E-state index in [1.807, 2.05) is 12.1 Å². The van der Waals surface area contributed by atoms with Crippen LogP contribution in [0.4, 0.5) is 0 Å². The van der Waals surface area contributed by atoms with Crippen LogP contribution < -0.4 is 0 Å². The Hall–Kier alpha value is -1.98. The molecule has 1 aromatic heterocycles. The molecule has 0 bridgehead atoms. The zero-order valence-corrected chi connectivity index (χ0v) is 13.7. The minimum Gasteiger partial charge on any atom is -0.467 e. The molecule has 0 aliphatic heterocycles. The van der Waals surface area contributed by atoms with Gasteiger partial charge in [0.15, 0.2) is 0 Å². The number of hydrogen-bond donors (Lipinski definition) is 1. The highest BCUT2D eigenvalue weighted by molar-refractivity contribution is 6.33. The molecule has 2 aromatic rings. The van der Waals surface area contributed by atoms with Crippen molar-refractivity contribution in [1.82, 2.24) is 9.97 Å². The maximum absolute atomic E-state index is 12.0. The van der Waals surface area contributed by atoms with Crippen LogP contribution >= 0.6 is 11.6 Å². The summed E-state index contributed by atoms with van der Waals surface area (Å²) in [5, 5.41) is 11.2. The van der Waals surface area contributed by atoms with Crippen molar-refractivity contribution in [3.05, 3.63) is 47.0 Å². The summed E-state index contributed by atoms with van der Waals surface area (Å²) in [4.78, 5) is 20.9. The van der Waals surface area contributed by atoms with Crippen LogP contribution in [-0.4, -0.2) is 28.2 Å². The van der Waals surface area contributed by atoms with Crippen LogP contribution in [0.1, 0.15) is 37.2 Å². The van der Waals surface area contributed by atoms with Gasteiger partial charge in [-0.3, -0.25) is 0 Å². The maximum atomic E-state index is 12.0. The fourth-order valence-corrected chi connectivity index (χ4v) is 2.71. The molecule has 5 nitrogen and oxygen atoms in total. The van der Waals surface area contributed by atoms with Crippen molar-refractivity contribution in [2.45, 2.75) is 31.3 Å². The van der Waals surface area contributed by atoms with Gasteiger partial charge in [-0.25, -0.2) is 14.8 Å². The molecular weight excluding hydrogens is 316 g/mol. The normalized spacial score (nSPS) is 16.7. The predicted molar refractivity (Wildman–Crippen MR) is 86.0 cm³/mol. The van der Waals surface area contributed by atoms with Gasteiger partial charge in [0.05, 0.1) is 12.8 Å². The van der Waals surface area contributed by atoms with Crippen molar-refractivity contribution < 1.29 is 14.6 Å². The summed E-state index contributed by atoms with van der Waals surface area (Å²) in [6.07, 6.45) is 3.66. The zero-order chi connectivity index (χ0) is 16.6. The molecule has 120 valence electrons. The molecule has 1 atom stereocenters. The van der Waals surface area contributed by atoms with E-state index in [4.69, 9.17) is 16.3 Å². The van der Waals surface area contributed by atoms with E-state index in [0.29, 0.717) is 27.9 Å². The van der Waals surface area contributed by atoms with E-state index in [0.717, 1.165) is 12.8 Å². The third-order valence-electron chi connectivity index (χ3n) is 3.96. The molecule has 0 radical (unpaired) electrons. The Morgan fingerprint density at radius 2 is 2.04 bits per heavy atom. The average molecular weight is 333 g/mol. The molecule has 1 saturated carbocycles. The van der Waals surface area contributed by atoms with Crippen molar-refractivity contribution in [3.63, 3.8) is 0 Å². The first-order valence-electron chi connectivity index (χ1n) is 7.38. The monoisotopic (exact) mass is 332 g/mol. The number of methoxy groups -OCH3 is 1. The second-order valence-corrected chi connectivity index (χ2v) is 6.22. The van der Waals surface area contributed by atoms with E-state index < -0.39 is 11.6 Å². The van der Waals surface area contributed by atoms with Crippen LogP contribution in [0, 0.1) is 0 Å². The Kier molecular flexibility index (Phi) is 4.08. The summed E-state index contributed by atoms with van der Waals surface area (Å²) in [6, 6.07) is 7.17. The molecule has 1 fully saturated rings. The first-order chi connectivity index (χ1) is 10.9. The largest absolute Gasteiger partial charge is 0.467 e. The second-order valence-electron chi connectivity index (χ2n) is 5.81. The van der Waals surface area contributed by atoms with Crippen LogP contribution in [0.3, 0.4) is 0 Å². The topological polar surface area (TPSA) is 72.3 Å². The smallest absolute Gasteiger partial charge is 0.343 e. The van der Waals surface area contributed by atoms with E-state index in [1.165, 1.54) is 14.0 Å². The van der Waals surface area contributed by atoms with Gasteiger partial charge in [-0.05, 0) is 25.8 Å². The Bertz CT molecular complexity index is 757. The number of ether oxygens (including phenoxy) is 1. The first-order valence-corrected chi connectivity index (χ1v) is 7.76. The van der Waals surface area contributed by atoms with Crippen molar-refractivity contribution in [2.75, 3.05) is 7.11 Å². The van der Waals surface area contributed by atoms with Crippen LogP contribution in [0.5, 0.6) is 0 Å². The van der Waals surface area contributed by atoms with Gasteiger partial charge in [0.2, 0.25) is 5.60 Å². The zero-order valence-electron chi connectivity index (χ0n) is 12.9. The molecule has 0 saturated heterocycles. The lowest BCUT2D eigenvalue weighted by molar-refractivity contribution is -0.161. The summed E-state index contributed by atoms with van der Waals surface area (Å²) in [5.74, 6) is 0.161. The van der Waals surface area contributed by atoms with Crippen LogP contribution in [0.25, 0.3) is 11.1 Å². The van der Waals surface area contributed by atoms with Gasteiger partial charge in [0.1, 0.15) is 5.82 Å². The highest BCUT2D eigenvalue weighted by Gasteiger charge is 2.39. The molecule has 1 aliphatic rings. The third-order valence-corrected chi connectivity index (χ3v) is 4.29. The van der Waals surface area contributed by atoms with E-state index in [9.17, 15) is 9.90 Å². The lowest BCUT2D eigenvalue weighted by Crippen LogP contribution is -2.35. The molecule has 0 spiro atoms. The third kappa shape index (κ3) is 2.94. The van der Waals surface area contributed by atoms with Crippen molar-refractivity contribution >= 4 is 17.6 Å². The quantitative estimate of drug-likeness (QED) is 0.871. The number of carbonyl (C=O) groups excluding carboxylic acids is 1. The van der Waals surface area contributed by atoms with E-state index >= 15 is 0 Å². The van der Waals surface area contributed by atoms with Gasteiger partial charge in [0.25, 0.3) is 0 Å². The number of aliphatic hydroxyl groups is 1. The molecule has 1 unspecified atom stereocenters. The number of benzene rings is 1. The van der Waals surface area contributed by atoms with Gasteiger partial charge in [-0.2, -0.15) is 0 Å². The first kappa shape index (κ1) is 15.9. The van der Waals surface area contributed by atoms with E-state index in [-0.39, 0.29) is 5.69 Å². The molecule has 3 rings (SSSR count). The summed E-state index contributed by atoms with van der Waals surface area (Å²) >= 11 is 6.26. The minimum atomic E-state index is -1.88. The SMILES string of the molecule is COC(=O)C(C)(O)c1nc(C2CC2)ncc1-c1ccccc1Cl. The maximum Gasteiger partial charge on any atom is 0.343 e. The average Bonchev–Trinajstić information content (AvgIpc) is 3.39. The molecule has 23 heavy (non-hydrogen) atoms. The minimum absolute atomic E-state index is 0.217. The second kappa shape index (κ2) is 5.91. The van der Waals surface area contributed by atoms with Crippen molar-refractivity contribution in [3.8, 4) is 11.1 Å². The number of esters is 1. The lowest BCUT2D eigenvalue weighted by Gasteiger charge is -2.23. The van der Waals surface area contributed by atoms with Gasteiger partial charge in [0, 0.05) is 28.3 Å². The van der Waals surface area contributed by atoms with Gasteiger partial charge in [-0.15, -0.1) is 0 Å². The van der Waals surface area contributed by atoms with Crippen LogP contribution in [0.15, 0.2) is 30.5 Å². The summed E-state index contributed by atoms with van der Waals surface area (Å²) in [6.45, 7) is 1.37. The highest BCUT2D eigenvalue weighted by Crippen LogP contribution is 2.41. The number of hydrogen-bond acceptors (Lipinski definition) is 5. The Balaban J connectivity index is 2.19. The van der Waals surface area contributed by atoms with E-state index in [2.05, 4.69) is 9.97 Å². The summed E-state index contributed by atoms with van der Waals surface area (Å²) in [5.41, 5.74) is -0.476. The molecular formula is C17H17ClN2O3. The van der Waals surface area contributed by atoms with Gasteiger partial charge >= 0.3 is 5.97 Å². The summed E-state index contributed by atoms with van der Waals surface area (Å²) in [7, 11) is 1.23. The fraction of sp³-hybridized carbons (Fsp3) is 0.353. The molecule has 1 N–H and O–H groups in total. The van der Waals surface area contributed by atoms with Gasteiger partial charge in [-0.1, -0.05) is 29.8 Å². The number of nitrogens with zero attached hydrogens (tertiary/aromatic N) is 2. The summed E-state index contributed by atoms with van der Waals surface area (Å²) < 4.78 is 4.72. The molecule has 1 aliphatic carbocycles. The number of halogens is 1. The molecule has 0 amide bonds. The lowest BCUT2D eigenvalue weighted by atomic mass is 9.94. The number of carbonyl (C=O) groups is 1.